The molecule has 1 heterocycles. The van der Waals surface area contributed by atoms with Crippen LogP contribution < -0.4 is 21.0 Å². The molecule has 0 saturated heterocycles. The number of nitrogens with one attached hydrogen (secondary N) is 2. The van der Waals surface area contributed by atoms with Crippen molar-refractivity contribution in [2.45, 2.75) is 0 Å². The number of hydrogen-bond donors (Lipinski definition) is 2. The Kier molecular flexibility index (Phi) is 5.54. The van der Waals surface area contributed by atoms with Gasteiger partial charge in [0.1, 0.15) is 5.56 Å². The van der Waals surface area contributed by atoms with Crippen LogP contribution in [0, 0.1) is 10.1 Å². The van der Waals surface area contributed by atoms with Crippen LogP contribution in [0.3, 0.4) is 0 Å². The van der Waals surface area contributed by atoms with Crippen LogP contribution >= 0.6 is 0 Å². The monoisotopic (exact) mass is 383 g/mol. The van der Waals surface area contributed by atoms with Gasteiger partial charge in [0.25, 0.3) is 11.6 Å². The Morgan fingerprint density at radius 1 is 1.18 bits per heavy atom. The molecule has 144 valence electrons. The highest BCUT2D eigenvalue weighted by molar-refractivity contribution is 5.97. The number of nitro benzene ring substituents is 1. The highest BCUT2D eigenvalue weighted by Gasteiger charge is 2.15. The predicted molar refractivity (Wildman–Crippen MR) is 103 cm³/mol. The fourth-order valence-electron chi connectivity index (χ4n) is 2.62. The molecular formula is C19H17N3O6. The number of anilines is 1. The number of rotatable bonds is 7. The van der Waals surface area contributed by atoms with Gasteiger partial charge in [0.05, 0.1) is 12.0 Å². The average Bonchev–Trinajstić information content (AvgIpc) is 2.70. The van der Waals surface area contributed by atoms with Gasteiger partial charge in [-0.25, -0.2) is 4.79 Å². The lowest BCUT2D eigenvalue weighted by atomic mass is 10.1. The van der Waals surface area contributed by atoms with Gasteiger partial charge in [-0.3, -0.25) is 14.9 Å². The van der Waals surface area contributed by atoms with E-state index in [-0.39, 0.29) is 23.4 Å². The number of para-hydroxylation sites is 1. The Hall–Kier alpha value is -3.88. The van der Waals surface area contributed by atoms with E-state index in [2.05, 4.69) is 10.6 Å². The van der Waals surface area contributed by atoms with Gasteiger partial charge in [-0.05, 0) is 24.3 Å². The first-order valence-electron chi connectivity index (χ1n) is 8.37. The summed E-state index contributed by atoms with van der Waals surface area (Å²) in [5, 5.41) is 16.9. The first-order valence-corrected chi connectivity index (χ1v) is 8.37. The molecule has 9 heteroatoms. The van der Waals surface area contributed by atoms with E-state index in [1.54, 1.807) is 30.3 Å². The minimum atomic E-state index is -0.752. The van der Waals surface area contributed by atoms with Crippen LogP contribution in [0.1, 0.15) is 10.4 Å². The molecule has 0 fully saturated rings. The van der Waals surface area contributed by atoms with Crippen molar-refractivity contribution < 1.29 is 18.9 Å². The molecule has 0 spiro atoms. The summed E-state index contributed by atoms with van der Waals surface area (Å²) in [5.74, 6) is -0.141. The number of hydrogen-bond acceptors (Lipinski definition) is 7. The predicted octanol–water partition coefficient (Wildman–Crippen LogP) is 2.55. The number of amides is 1. The maximum absolute atomic E-state index is 12.3. The van der Waals surface area contributed by atoms with Gasteiger partial charge in [0.2, 0.25) is 0 Å². The van der Waals surface area contributed by atoms with E-state index in [1.165, 1.54) is 25.3 Å². The lowest BCUT2D eigenvalue weighted by Gasteiger charge is -2.08. The fraction of sp³-hybridized carbons (Fsp3) is 0.158. The third kappa shape index (κ3) is 4.09. The van der Waals surface area contributed by atoms with Gasteiger partial charge in [0.15, 0.2) is 11.3 Å². The summed E-state index contributed by atoms with van der Waals surface area (Å²) in [7, 11) is 1.47. The van der Waals surface area contributed by atoms with Gasteiger partial charge >= 0.3 is 5.63 Å². The molecule has 1 amide bonds. The van der Waals surface area contributed by atoms with Gasteiger partial charge in [-0.2, -0.15) is 0 Å². The molecule has 2 N–H and O–H groups in total. The van der Waals surface area contributed by atoms with Crippen molar-refractivity contribution in [2.24, 2.45) is 0 Å². The minimum Gasteiger partial charge on any atom is -0.493 e. The van der Waals surface area contributed by atoms with Crippen LogP contribution in [0.4, 0.5) is 11.4 Å². The van der Waals surface area contributed by atoms with E-state index in [0.717, 1.165) is 0 Å². The van der Waals surface area contributed by atoms with Gasteiger partial charge in [-0.15, -0.1) is 0 Å². The number of non-ortho nitro benzene ring substituents is 1. The zero-order valence-electron chi connectivity index (χ0n) is 14.9. The van der Waals surface area contributed by atoms with E-state index >= 15 is 0 Å². The topological polar surface area (TPSA) is 124 Å². The zero-order valence-corrected chi connectivity index (χ0v) is 14.9. The maximum atomic E-state index is 12.3. The summed E-state index contributed by atoms with van der Waals surface area (Å²) in [4.78, 5) is 34.6. The van der Waals surface area contributed by atoms with Crippen molar-refractivity contribution in [1.82, 2.24) is 5.32 Å². The Balaban J connectivity index is 1.61. The van der Waals surface area contributed by atoms with E-state index in [4.69, 9.17) is 9.15 Å². The number of fused-ring (bicyclic) bond motifs is 1. The molecule has 0 aliphatic rings. The lowest BCUT2D eigenvalue weighted by Crippen LogP contribution is -2.32. The molecule has 3 aromatic rings. The molecule has 2 aromatic carbocycles. The lowest BCUT2D eigenvalue weighted by molar-refractivity contribution is -0.384. The quantitative estimate of drug-likeness (QED) is 0.278. The van der Waals surface area contributed by atoms with Crippen molar-refractivity contribution in [3.05, 3.63) is 74.6 Å². The van der Waals surface area contributed by atoms with Crippen LogP contribution in [0.2, 0.25) is 0 Å². The van der Waals surface area contributed by atoms with Crippen molar-refractivity contribution >= 4 is 28.3 Å². The van der Waals surface area contributed by atoms with E-state index < -0.39 is 16.5 Å². The van der Waals surface area contributed by atoms with Crippen molar-refractivity contribution in [3.63, 3.8) is 0 Å². The number of nitrogens with zero attached hydrogens (tertiary/aromatic N) is 1. The van der Waals surface area contributed by atoms with Crippen LogP contribution in [-0.4, -0.2) is 31.0 Å². The summed E-state index contributed by atoms with van der Waals surface area (Å²) in [6.07, 6.45) is 0. The number of methoxy groups -OCH3 is 1. The molecule has 0 unspecified atom stereocenters. The summed E-state index contributed by atoms with van der Waals surface area (Å²) in [5.41, 5.74) is 0.107. The summed E-state index contributed by atoms with van der Waals surface area (Å²) >= 11 is 0. The zero-order chi connectivity index (χ0) is 20.1. The standard InChI is InChI=1S/C19H17N3O6/c1-27-16-4-2-3-12-11-15(19(24)28-17(12)16)18(23)21-10-9-20-13-5-7-14(8-6-13)22(25)26/h2-8,11,20H,9-10H2,1H3,(H,21,23). The molecule has 0 radical (unpaired) electrons. The third-order valence-corrected chi connectivity index (χ3v) is 4.01. The minimum absolute atomic E-state index is 0.00138. The summed E-state index contributed by atoms with van der Waals surface area (Å²) in [6.45, 7) is 0.613. The number of nitro groups is 1. The molecule has 28 heavy (non-hydrogen) atoms. The summed E-state index contributed by atoms with van der Waals surface area (Å²) in [6, 6.07) is 12.5. The molecule has 0 bridgehead atoms. The normalized spacial score (nSPS) is 10.5. The van der Waals surface area contributed by atoms with Crippen LogP contribution in [-0.2, 0) is 0 Å². The van der Waals surface area contributed by atoms with Crippen LogP contribution in [0.25, 0.3) is 11.0 Å². The van der Waals surface area contributed by atoms with Gasteiger partial charge in [-0.1, -0.05) is 12.1 Å². The highest BCUT2D eigenvalue weighted by atomic mass is 16.6. The van der Waals surface area contributed by atoms with Gasteiger partial charge in [0, 0.05) is 36.3 Å². The number of benzene rings is 2. The molecule has 0 atom stereocenters. The Morgan fingerprint density at radius 2 is 1.93 bits per heavy atom. The molecular weight excluding hydrogens is 366 g/mol. The maximum Gasteiger partial charge on any atom is 0.349 e. The first-order chi connectivity index (χ1) is 13.5. The highest BCUT2D eigenvalue weighted by Crippen LogP contribution is 2.24. The first kappa shape index (κ1) is 18.9. The van der Waals surface area contributed by atoms with Crippen LogP contribution in [0.15, 0.2) is 57.7 Å². The van der Waals surface area contributed by atoms with E-state index in [0.29, 0.717) is 23.4 Å². The largest absolute Gasteiger partial charge is 0.493 e. The second-order valence-corrected chi connectivity index (χ2v) is 5.81. The number of ether oxygens (including phenoxy) is 1. The van der Waals surface area contributed by atoms with Gasteiger partial charge < -0.3 is 19.8 Å². The molecule has 0 saturated carbocycles. The van der Waals surface area contributed by atoms with Crippen LogP contribution in [0.5, 0.6) is 5.75 Å². The second-order valence-electron chi connectivity index (χ2n) is 5.81. The Labute approximate surface area is 159 Å². The number of carbonyl (C=O) groups excluding carboxylic acids is 1. The molecule has 9 nitrogen and oxygen atoms in total. The molecule has 1 aromatic heterocycles. The molecule has 0 aliphatic carbocycles. The smallest absolute Gasteiger partial charge is 0.349 e. The van der Waals surface area contributed by atoms with E-state index in [1.807, 2.05) is 0 Å². The Bertz CT molecular complexity index is 1080. The SMILES string of the molecule is COc1cccc2cc(C(=O)NCCNc3ccc([N+](=O)[O-])cc3)c(=O)oc12. The van der Waals surface area contributed by atoms with Crippen molar-refractivity contribution in [1.29, 1.82) is 0 Å². The molecule has 3 rings (SSSR count). The number of carbonyl (C=O) groups is 1. The van der Waals surface area contributed by atoms with Crippen molar-refractivity contribution in [3.8, 4) is 5.75 Å². The fourth-order valence-corrected chi connectivity index (χ4v) is 2.62. The molecule has 0 aliphatic heterocycles. The Morgan fingerprint density at radius 3 is 2.61 bits per heavy atom. The summed E-state index contributed by atoms with van der Waals surface area (Å²) < 4.78 is 10.4. The second kappa shape index (κ2) is 8.21. The third-order valence-electron chi connectivity index (χ3n) is 4.01. The van der Waals surface area contributed by atoms with Crippen molar-refractivity contribution in [2.75, 3.05) is 25.5 Å². The average molecular weight is 383 g/mol. The van der Waals surface area contributed by atoms with E-state index in [9.17, 15) is 19.7 Å².